The van der Waals surface area contributed by atoms with Crippen LogP contribution in [-0.4, -0.2) is 54.6 Å². The van der Waals surface area contributed by atoms with Gasteiger partial charge < -0.3 is 4.90 Å². The number of rotatable bonds is 4. The number of aryl methyl sites for hydroxylation is 1. The van der Waals surface area contributed by atoms with Gasteiger partial charge in [0.05, 0.1) is 9.82 Å². The molecule has 0 aromatic heterocycles. The van der Waals surface area contributed by atoms with E-state index in [9.17, 15) is 23.3 Å². The van der Waals surface area contributed by atoms with Crippen molar-refractivity contribution in [1.29, 1.82) is 0 Å². The van der Waals surface area contributed by atoms with Gasteiger partial charge >= 0.3 is 0 Å². The molecule has 3 rings (SSSR count). The Hall–Kier alpha value is -2.49. The average molecular weight is 424 g/mol. The predicted molar refractivity (Wildman–Crippen MR) is 104 cm³/mol. The Labute approximate surface area is 167 Å². The maximum Gasteiger partial charge on any atom is 0.273 e. The highest BCUT2D eigenvalue weighted by atomic mass is 35.5. The van der Waals surface area contributed by atoms with Gasteiger partial charge in [0, 0.05) is 48.4 Å². The zero-order chi connectivity index (χ0) is 20.5. The molecule has 0 spiro atoms. The van der Waals surface area contributed by atoms with Crippen LogP contribution < -0.4 is 0 Å². The number of sulfonamides is 1. The molecule has 2 aromatic carbocycles. The lowest BCUT2D eigenvalue weighted by Gasteiger charge is -2.34. The largest absolute Gasteiger partial charge is 0.336 e. The number of carbonyl (C=O) groups is 1. The molecule has 1 fully saturated rings. The minimum atomic E-state index is -3.67. The molecule has 1 aliphatic heterocycles. The van der Waals surface area contributed by atoms with Crippen LogP contribution in [0.5, 0.6) is 0 Å². The van der Waals surface area contributed by atoms with Crippen LogP contribution in [0.15, 0.2) is 47.4 Å². The van der Waals surface area contributed by atoms with E-state index in [1.165, 1.54) is 45.6 Å². The Morgan fingerprint density at radius 3 is 2.25 bits per heavy atom. The van der Waals surface area contributed by atoms with E-state index in [1.54, 1.807) is 13.0 Å². The fourth-order valence-corrected chi connectivity index (χ4v) is 4.56. The number of hydrogen-bond acceptors (Lipinski definition) is 5. The van der Waals surface area contributed by atoms with Crippen LogP contribution in [0.1, 0.15) is 15.9 Å². The molecule has 0 radical (unpaired) electrons. The molecule has 1 aliphatic rings. The fourth-order valence-electron chi connectivity index (χ4n) is 3.01. The van der Waals surface area contributed by atoms with E-state index in [1.807, 2.05) is 0 Å². The monoisotopic (exact) mass is 423 g/mol. The van der Waals surface area contributed by atoms with Crippen molar-refractivity contribution in [2.24, 2.45) is 0 Å². The van der Waals surface area contributed by atoms with Gasteiger partial charge in [-0.25, -0.2) is 8.42 Å². The molecule has 0 atom stereocenters. The van der Waals surface area contributed by atoms with Gasteiger partial charge in [-0.3, -0.25) is 14.9 Å². The van der Waals surface area contributed by atoms with Gasteiger partial charge in [0.1, 0.15) is 0 Å². The lowest BCUT2D eigenvalue weighted by molar-refractivity contribution is -0.385. The van der Waals surface area contributed by atoms with Crippen molar-refractivity contribution in [2.75, 3.05) is 26.2 Å². The first kappa shape index (κ1) is 20.2. The zero-order valence-corrected chi connectivity index (χ0v) is 16.6. The van der Waals surface area contributed by atoms with E-state index < -0.39 is 14.9 Å². The molecule has 0 aliphatic carbocycles. The topological polar surface area (TPSA) is 101 Å². The summed E-state index contributed by atoms with van der Waals surface area (Å²) in [5.74, 6) is -0.355. The first-order valence-electron chi connectivity index (χ1n) is 8.50. The number of nitro benzene ring substituents is 1. The quantitative estimate of drug-likeness (QED) is 0.555. The summed E-state index contributed by atoms with van der Waals surface area (Å²) in [5.41, 5.74) is 0.571. The summed E-state index contributed by atoms with van der Waals surface area (Å²) in [6.07, 6.45) is 0. The Kier molecular flexibility index (Phi) is 5.69. The van der Waals surface area contributed by atoms with E-state index in [2.05, 4.69) is 0 Å². The van der Waals surface area contributed by atoms with E-state index >= 15 is 0 Å². The summed E-state index contributed by atoms with van der Waals surface area (Å²) in [6.45, 7) is 2.29. The number of benzene rings is 2. The highest BCUT2D eigenvalue weighted by Crippen LogP contribution is 2.23. The maximum atomic E-state index is 12.7. The van der Waals surface area contributed by atoms with Crippen LogP contribution in [0.25, 0.3) is 0 Å². The number of halogens is 1. The van der Waals surface area contributed by atoms with Crippen LogP contribution in [-0.2, 0) is 10.0 Å². The molecule has 8 nitrogen and oxygen atoms in total. The number of carbonyl (C=O) groups excluding carboxylic acids is 1. The minimum Gasteiger partial charge on any atom is -0.336 e. The Morgan fingerprint density at radius 1 is 1.07 bits per heavy atom. The van der Waals surface area contributed by atoms with Gasteiger partial charge in [0.15, 0.2) is 0 Å². The SMILES string of the molecule is Cc1ccc(C(=O)N2CCN(S(=O)(=O)c3ccc(Cl)cc3)CC2)cc1[N+](=O)[O-]. The molecule has 0 saturated carbocycles. The van der Waals surface area contributed by atoms with E-state index in [0.29, 0.717) is 10.6 Å². The summed E-state index contributed by atoms with van der Waals surface area (Å²) in [7, 11) is -3.67. The van der Waals surface area contributed by atoms with Crippen molar-refractivity contribution in [3.63, 3.8) is 0 Å². The maximum absolute atomic E-state index is 12.7. The average Bonchev–Trinajstić information content (AvgIpc) is 2.68. The molecular formula is C18H18ClN3O5S. The van der Waals surface area contributed by atoms with E-state index in [0.717, 1.165) is 0 Å². The van der Waals surface area contributed by atoms with Crippen LogP contribution in [0.2, 0.25) is 5.02 Å². The summed E-state index contributed by atoms with van der Waals surface area (Å²) >= 11 is 5.81. The van der Waals surface area contributed by atoms with Crippen molar-refractivity contribution in [2.45, 2.75) is 11.8 Å². The third-order valence-corrected chi connectivity index (χ3v) is 6.79. The van der Waals surface area contributed by atoms with Crippen molar-refractivity contribution in [1.82, 2.24) is 9.21 Å². The van der Waals surface area contributed by atoms with Gasteiger partial charge in [-0.05, 0) is 37.3 Å². The van der Waals surface area contributed by atoms with E-state index in [-0.39, 0.29) is 48.2 Å². The Balaban J connectivity index is 1.71. The second kappa shape index (κ2) is 7.86. The Bertz CT molecular complexity index is 1020. The molecule has 10 heteroatoms. The summed E-state index contributed by atoms with van der Waals surface area (Å²) in [5, 5.41) is 11.5. The van der Waals surface area contributed by atoms with Crippen LogP contribution >= 0.6 is 11.6 Å². The van der Waals surface area contributed by atoms with Crippen molar-refractivity contribution < 1.29 is 18.1 Å². The fraction of sp³-hybridized carbons (Fsp3) is 0.278. The standard InChI is InChI=1S/C18H18ClN3O5S/c1-13-2-3-14(12-17(13)22(24)25)18(23)20-8-10-21(11-9-20)28(26,27)16-6-4-15(19)5-7-16/h2-7,12H,8-11H2,1H3. The number of amides is 1. The van der Waals surface area contributed by atoms with E-state index in [4.69, 9.17) is 11.6 Å². The number of nitrogens with zero attached hydrogens (tertiary/aromatic N) is 3. The summed E-state index contributed by atoms with van der Waals surface area (Å²) < 4.78 is 26.7. The van der Waals surface area contributed by atoms with Gasteiger partial charge in [-0.2, -0.15) is 4.31 Å². The Morgan fingerprint density at radius 2 is 1.68 bits per heavy atom. The van der Waals surface area contributed by atoms with Crippen molar-refractivity contribution in [3.8, 4) is 0 Å². The van der Waals surface area contributed by atoms with Crippen molar-refractivity contribution >= 4 is 33.2 Å². The molecule has 0 N–H and O–H groups in total. The van der Waals surface area contributed by atoms with Crippen molar-refractivity contribution in [3.05, 3.63) is 68.7 Å². The normalized spacial score (nSPS) is 15.4. The van der Waals surface area contributed by atoms with Gasteiger partial charge in [-0.15, -0.1) is 0 Å². The summed E-state index contributed by atoms with van der Waals surface area (Å²) in [4.78, 5) is 24.9. The van der Waals surface area contributed by atoms with Crippen LogP contribution in [0, 0.1) is 17.0 Å². The molecule has 0 bridgehead atoms. The molecule has 1 heterocycles. The first-order chi connectivity index (χ1) is 13.2. The molecule has 28 heavy (non-hydrogen) atoms. The number of piperazine rings is 1. The molecular weight excluding hydrogens is 406 g/mol. The second-order valence-corrected chi connectivity index (χ2v) is 8.78. The van der Waals surface area contributed by atoms with Gasteiger partial charge in [0.25, 0.3) is 11.6 Å². The zero-order valence-electron chi connectivity index (χ0n) is 15.0. The lowest BCUT2D eigenvalue weighted by Crippen LogP contribution is -2.50. The third kappa shape index (κ3) is 4.01. The van der Waals surface area contributed by atoms with Crippen LogP contribution in [0.3, 0.4) is 0 Å². The first-order valence-corrected chi connectivity index (χ1v) is 10.3. The number of nitro groups is 1. The van der Waals surface area contributed by atoms with Gasteiger partial charge in [-0.1, -0.05) is 17.7 Å². The highest BCUT2D eigenvalue weighted by Gasteiger charge is 2.30. The summed E-state index contributed by atoms with van der Waals surface area (Å²) in [6, 6.07) is 10.3. The van der Waals surface area contributed by atoms with Gasteiger partial charge in [0.2, 0.25) is 10.0 Å². The van der Waals surface area contributed by atoms with Crippen LogP contribution in [0.4, 0.5) is 5.69 Å². The molecule has 1 amide bonds. The molecule has 2 aromatic rings. The smallest absolute Gasteiger partial charge is 0.273 e. The predicted octanol–water partition coefficient (Wildman–Crippen LogP) is 2.70. The highest BCUT2D eigenvalue weighted by molar-refractivity contribution is 7.89. The second-order valence-electron chi connectivity index (χ2n) is 6.41. The molecule has 148 valence electrons. The lowest BCUT2D eigenvalue weighted by atomic mass is 10.1. The number of hydrogen-bond donors (Lipinski definition) is 0. The molecule has 0 unspecified atom stereocenters. The third-order valence-electron chi connectivity index (χ3n) is 4.63. The molecule has 1 saturated heterocycles. The minimum absolute atomic E-state index is 0.116.